The third kappa shape index (κ3) is 1.47. The molecule has 1 aliphatic carbocycles. The summed E-state index contributed by atoms with van der Waals surface area (Å²) in [5.41, 5.74) is 5.05. The van der Waals surface area contributed by atoms with Gasteiger partial charge in [0, 0.05) is 11.8 Å². The van der Waals surface area contributed by atoms with Gasteiger partial charge in [-0.05, 0) is 37.3 Å². The molecule has 2 aromatic heterocycles. The van der Waals surface area contributed by atoms with Gasteiger partial charge in [-0.2, -0.15) is 0 Å². The molecular formula is C13H16N2O. The van der Waals surface area contributed by atoms with E-state index in [0.29, 0.717) is 5.88 Å². The number of fused-ring (bicyclic) bond motifs is 3. The summed E-state index contributed by atoms with van der Waals surface area (Å²) >= 11 is 0. The molecule has 0 radical (unpaired) electrons. The van der Waals surface area contributed by atoms with Gasteiger partial charge in [0.15, 0.2) is 0 Å². The highest BCUT2D eigenvalue weighted by Gasteiger charge is 2.15. The van der Waals surface area contributed by atoms with Crippen LogP contribution in [0.5, 0.6) is 5.88 Å². The van der Waals surface area contributed by atoms with Crippen molar-refractivity contribution in [2.45, 2.75) is 32.1 Å². The van der Waals surface area contributed by atoms with Gasteiger partial charge >= 0.3 is 0 Å². The first kappa shape index (κ1) is 9.70. The Bertz CT molecular complexity index is 516. The van der Waals surface area contributed by atoms with Gasteiger partial charge in [-0.15, -0.1) is 0 Å². The minimum atomic E-state index is 0.707. The summed E-state index contributed by atoms with van der Waals surface area (Å²) in [6.45, 7) is 0. The van der Waals surface area contributed by atoms with E-state index in [-0.39, 0.29) is 0 Å². The molecule has 2 aromatic rings. The molecule has 2 heterocycles. The van der Waals surface area contributed by atoms with E-state index < -0.39 is 0 Å². The van der Waals surface area contributed by atoms with Crippen molar-refractivity contribution in [3.63, 3.8) is 0 Å². The Morgan fingerprint density at radius 1 is 1.19 bits per heavy atom. The molecule has 3 nitrogen and oxygen atoms in total. The molecule has 3 heteroatoms. The Morgan fingerprint density at radius 3 is 2.94 bits per heavy atom. The van der Waals surface area contributed by atoms with E-state index in [4.69, 9.17) is 4.74 Å². The van der Waals surface area contributed by atoms with Crippen LogP contribution >= 0.6 is 0 Å². The predicted octanol–water partition coefficient (Wildman–Crippen LogP) is 2.84. The number of ether oxygens (including phenoxy) is 1. The highest BCUT2D eigenvalue weighted by atomic mass is 16.5. The van der Waals surface area contributed by atoms with Crippen LogP contribution in [-0.4, -0.2) is 17.1 Å². The third-order valence-corrected chi connectivity index (χ3v) is 3.37. The summed E-state index contributed by atoms with van der Waals surface area (Å²) in [5.74, 6) is 0.707. The fraction of sp³-hybridized carbons (Fsp3) is 0.462. The summed E-state index contributed by atoms with van der Waals surface area (Å²) < 4.78 is 5.19. The second kappa shape index (κ2) is 3.81. The summed E-state index contributed by atoms with van der Waals surface area (Å²) in [5, 5.41) is 0. The Balaban J connectivity index is 2.19. The Morgan fingerprint density at radius 2 is 2.06 bits per heavy atom. The summed E-state index contributed by atoms with van der Waals surface area (Å²) in [7, 11) is 1.67. The van der Waals surface area contributed by atoms with E-state index in [0.717, 1.165) is 23.9 Å². The van der Waals surface area contributed by atoms with Crippen molar-refractivity contribution < 1.29 is 4.74 Å². The molecule has 0 atom stereocenters. The molecule has 0 saturated heterocycles. The average Bonchev–Trinajstić information content (AvgIpc) is 2.50. The number of H-pyrrole nitrogens is 1. The van der Waals surface area contributed by atoms with Crippen molar-refractivity contribution in [2.24, 2.45) is 0 Å². The lowest BCUT2D eigenvalue weighted by Crippen LogP contribution is -1.90. The lowest BCUT2D eigenvalue weighted by atomic mass is 10.1. The van der Waals surface area contributed by atoms with Gasteiger partial charge in [-0.1, -0.05) is 6.42 Å². The van der Waals surface area contributed by atoms with E-state index in [1.54, 1.807) is 7.11 Å². The highest BCUT2D eigenvalue weighted by Crippen LogP contribution is 2.28. The Hall–Kier alpha value is -1.51. The van der Waals surface area contributed by atoms with Crippen LogP contribution < -0.4 is 4.74 Å². The normalized spacial score (nSPS) is 15.8. The van der Waals surface area contributed by atoms with Crippen LogP contribution in [0.3, 0.4) is 0 Å². The first-order chi connectivity index (χ1) is 7.88. The molecule has 0 bridgehead atoms. The van der Waals surface area contributed by atoms with Crippen molar-refractivity contribution in [3.05, 3.63) is 23.4 Å². The quantitative estimate of drug-likeness (QED) is 0.744. The summed E-state index contributed by atoms with van der Waals surface area (Å²) in [6, 6.07) is 3.98. The maximum atomic E-state index is 5.19. The van der Waals surface area contributed by atoms with Gasteiger partial charge in [-0.3, -0.25) is 0 Å². The van der Waals surface area contributed by atoms with Gasteiger partial charge in [0.25, 0.3) is 0 Å². The molecule has 0 spiro atoms. The smallest absolute Gasteiger partial charge is 0.213 e. The SMILES string of the molecule is COc1ccc2[nH]c3c(c2n1)CCCCC3. The number of hydrogen-bond acceptors (Lipinski definition) is 2. The number of pyridine rings is 1. The highest BCUT2D eigenvalue weighted by molar-refractivity contribution is 5.81. The second-order valence-electron chi connectivity index (χ2n) is 4.39. The standard InChI is InChI=1S/C13H16N2O/c1-16-12-8-7-11-13(15-12)9-5-3-2-4-6-10(9)14-11/h7-8,14H,2-6H2,1H3. The van der Waals surface area contributed by atoms with Crippen LogP contribution in [0.15, 0.2) is 12.1 Å². The Labute approximate surface area is 94.8 Å². The molecule has 0 amide bonds. The molecule has 84 valence electrons. The number of methoxy groups -OCH3 is 1. The molecule has 0 unspecified atom stereocenters. The van der Waals surface area contributed by atoms with Crippen LogP contribution in [0.2, 0.25) is 0 Å². The monoisotopic (exact) mass is 216 g/mol. The number of hydrogen-bond donors (Lipinski definition) is 1. The number of aromatic amines is 1. The number of nitrogens with one attached hydrogen (secondary N) is 1. The molecular weight excluding hydrogens is 200 g/mol. The Kier molecular flexibility index (Phi) is 2.31. The van der Waals surface area contributed by atoms with Crippen molar-refractivity contribution in [1.82, 2.24) is 9.97 Å². The number of aryl methyl sites for hydroxylation is 2. The fourth-order valence-electron chi connectivity index (χ4n) is 2.53. The molecule has 0 fully saturated rings. The predicted molar refractivity (Wildman–Crippen MR) is 63.9 cm³/mol. The van der Waals surface area contributed by atoms with E-state index in [1.165, 1.54) is 30.5 Å². The van der Waals surface area contributed by atoms with Crippen LogP contribution in [0.4, 0.5) is 0 Å². The maximum Gasteiger partial charge on any atom is 0.213 e. The molecule has 1 aliphatic rings. The lowest BCUT2D eigenvalue weighted by Gasteiger charge is -2.00. The van der Waals surface area contributed by atoms with E-state index in [1.807, 2.05) is 6.07 Å². The first-order valence-electron chi connectivity index (χ1n) is 5.93. The maximum absolute atomic E-state index is 5.19. The van der Waals surface area contributed by atoms with Gasteiger partial charge in [0.2, 0.25) is 5.88 Å². The summed E-state index contributed by atoms with van der Waals surface area (Å²) in [4.78, 5) is 8.04. The topological polar surface area (TPSA) is 37.9 Å². The molecule has 3 rings (SSSR count). The minimum Gasteiger partial charge on any atom is -0.481 e. The first-order valence-corrected chi connectivity index (χ1v) is 5.93. The third-order valence-electron chi connectivity index (χ3n) is 3.37. The van der Waals surface area contributed by atoms with Gasteiger partial charge in [-0.25, -0.2) is 4.98 Å². The second-order valence-corrected chi connectivity index (χ2v) is 4.39. The number of rotatable bonds is 1. The molecule has 0 aromatic carbocycles. The zero-order valence-corrected chi connectivity index (χ0v) is 9.55. The van der Waals surface area contributed by atoms with Crippen molar-refractivity contribution in [3.8, 4) is 5.88 Å². The van der Waals surface area contributed by atoms with Gasteiger partial charge < -0.3 is 9.72 Å². The number of nitrogens with zero attached hydrogens (tertiary/aromatic N) is 1. The molecule has 1 N–H and O–H groups in total. The van der Waals surface area contributed by atoms with Crippen LogP contribution in [-0.2, 0) is 12.8 Å². The summed E-state index contributed by atoms with van der Waals surface area (Å²) in [6.07, 6.45) is 6.20. The van der Waals surface area contributed by atoms with Gasteiger partial charge in [0.05, 0.1) is 18.1 Å². The van der Waals surface area contributed by atoms with Crippen molar-refractivity contribution in [1.29, 1.82) is 0 Å². The van der Waals surface area contributed by atoms with E-state index in [9.17, 15) is 0 Å². The molecule has 0 saturated carbocycles. The lowest BCUT2D eigenvalue weighted by molar-refractivity contribution is 0.399. The molecule has 0 aliphatic heterocycles. The van der Waals surface area contributed by atoms with Crippen LogP contribution in [0.25, 0.3) is 11.0 Å². The zero-order chi connectivity index (χ0) is 11.0. The van der Waals surface area contributed by atoms with E-state index >= 15 is 0 Å². The van der Waals surface area contributed by atoms with Crippen molar-refractivity contribution >= 4 is 11.0 Å². The van der Waals surface area contributed by atoms with Gasteiger partial charge in [0.1, 0.15) is 0 Å². The average molecular weight is 216 g/mol. The minimum absolute atomic E-state index is 0.707. The number of aromatic nitrogens is 2. The largest absolute Gasteiger partial charge is 0.481 e. The zero-order valence-electron chi connectivity index (χ0n) is 9.55. The van der Waals surface area contributed by atoms with Crippen LogP contribution in [0, 0.1) is 0 Å². The van der Waals surface area contributed by atoms with Crippen LogP contribution in [0.1, 0.15) is 30.5 Å². The molecule has 16 heavy (non-hydrogen) atoms. The van der Waals surface area contributed by atoms with E-state index in [2.05, 4.69) is 16.0 Å². The fourth-order valence-corrected chi connectivity index (χ4v) is 2.53. The van der Waals surface area contributed by atoms with Crippen molar-refractivity contribution in [2.75, 3.05) is 7.11 Å².